The first-order valence-electron chi connectivity index (χ1n) is 5.90. The third-order valence-corrected chi connectivity index (χ3v) is 2.95. The molecule has 20 heavy (non-hydrogen) atoms. The summed E-state index contributed by atoms with van der Waals surface area (Å²) in [6.45, 7) is 0. The molecule has 0 saturated heterocycles. The molecule has 5 heteroatoms. The summed E-state index contributed by atoms with van der Waals surface area (Å²) in [5.41, 5.74) is 13.7. The Balaban J connectivity index is 2.12. The van der Waals surface area contributed by atoms with E-state index in [9.17, 15) is 4.79 Å². The molecular formula is C15H13N3OS. The van der Waals surface area contributed by atoms with Crippen LogP contribution in [0.4, 0.5) is 5.69 Å². The Morgan fingerprint density at radius 1 is 0.950 bits per heavy atom. The monoisotopic (exact) mass is 283 g/mol. The number of rotatable bonds is 4. The first-order valence-corrected chi connectivity index (χ1v) is 6.31. The quantitative estimate of drug-likeness (QED) is 0.666. The van der Waals surface area contributed by atoms with Crippen LogP contribution in [-0.2, 0) is 0 Å². The molecule has 2 aromatic rings. The van der Waals surface area contributed by atoms with Crippen LogP contribution in [0.15, 0.2) is 53.5 Å². The van der Waals surface area contributed by atoms with Gasteiger partial charge in [0.1, 0.15) is 4.99 Å². The van der Waals surface area contributed by atoms with E-state index in [1.165, 1.54) is 0 Å². The van der Waals surface area contributed by atoms with Gasteiger partial charge in [0, 0.05) is 17.3 Å². The average Bonchev–Trinajstić information content (AvgIpc) is 2.46. The molecule has 0 aliphatic heterocycles. The van der Waals surface area contributed by atoms with E-state index >= 15 is 0 Å². The summed E-state index contributed by atoms with van der Waals surface area (Å²) in [5.74, 6) is -0.450. The number of carbonyl (C=O) groups is 1. The summed E-state index contributed by atoms with van der Waals surface area (Å²) in [6.07, 6.45) is 1.72. The number of aliphatic imine (C=N–C) groups is 1. The number of benzene rings is 2. The number of hydrogen-bond acceptors (Lipinski definition) is 3. The van der Waals surface area contributed by atoms with Crippen molar-refractivity contribution in [1.29, 1.82) is 0 Å². The fraction of sp³-hybridized carbons (Fsp3) is 0. The van der Waals surface area contributed by atoms with Crippen LogP contribution in [0, 0.1) is 0 Å². The Morgan fingerprint density at radius 2 is 1.50 bits per heavy atom. The molecule has 0 heterocycles. The van der Waals surface area contributed by atoms with Crippen molar-refractivity contribution in [3.63, 3.8) is 0 Å². The highest BCUT2D eigenvalue weighted by molar-refractivity contribution is 7.80. The maximum atomic E-state index is 10.9. The molecule has 0 saturated carbocycles. The summed E-state index contributed by atoms with van der Waals surface area (Å²) in [4.78, 5) is 15.6. The van der Waals surface area contributed by atoms with E-state index in [1.807, 2.05) is 24.3 Å². The van der Waals surface area contributed by atoms with Gasteiger partial charge in [-0.25, -0.2) is 0 Å². The van der Waals surface area contributed by atoms with E-state index in [1.54, 1.807) is 30.5 Å². The van der Waals surface area contributed by atoms with Crippen molar-refractivity contribution in [2.45, 2.75) is 0 Å². The lowest BCUT2D eigenvalue weighted by Crippen LogP contribution is -2.10. The molecule has 0 fully saturated rings. The van der Waals surface area contributed by atoms with Crippen molar-refractivity contribution in [3.8, 4) is 0 Å². The molecule has 0 aromatic heterocycles. The van der Waals surface area contributed by atoms with Crippen LogP contribution in [0.25, 0.3) is 0 Å². The number of nitrogens with zero attached hydrogens (tertiary/aromatic N) is 1. The Morgan fingerprint density at radius 3 is 2.00 bits per heavy atom. The molecule has 0 bridgehead atoms. The second-order valence-corrected chi connectivity index (χ2v) is 4.60. The molecule has 0 radical (unpaired) electrons. The van der Waals surface area contributed by atoms with Gasteiger partial charge in [-0.15, -0.1) is 0 Å². The topological polar surface area (TPSA) is 81.5 Å². The number of hydrogen-bond donors (Lipinski definition) is 2. The molecular weight excluding hydrogens is 270 g/mol. The second kappa shape index (κ2) is 6.08. The van der Waals surface area contributed by atoms with Gasteiger partial charge in [-0.3, -0.25) is 9.79 Å². The SMILES string of the molecule is NC(=O)c1ccc(N=Cc2ccc(C(N)=S)cc2)cc1. The van der Waals surface area contributed by atoms with Crippen molar-refractivity contribution in [2.75, 3.05) is 0 Å². The van der Waals surface area contributed by atoms with E-state index in [-0.39, 0.29) is 0 Å². The van der Waals surface area contributed by atoms with Crippen molar-refractivity contribution in [2.24, 2.45) is 16.5 Å². The predicted molar refractivity (Wildman–Crippen MR) is 84.5 cm³/mol. The highest BCUT2D eigenvalue weighted by Crippen LogP contribution is 2.13. The van der Waals surface area contributed by atoms with Gasteiger partial charge in [0.05, 0.1) is 5.69 Å². The zero-order valence-corrected chi connectivity index (χ0v) is 11.4. The first-order chi connectivity index (χ1) is 9.56. The van der Waals surface area contributed by atoms with Gasteiger partial charge in [-0.2, -0.15) is 0 Å². The second-order valence-electron chi connectivity index (χ2n) is 4.16. The number of nitrogens with two attached hydrogens (primary N) is 2. The average molecular weight is 283 g/mol. The third kappa shape index (κ3) is 3.49. The van der Waals surface area contributed by atoms with E-state index in [2.05, 4.69) is 4.99 Å². The zero-order chi connectivity index (χ0) is 14.5. The molecule has 0 spiro atoms. The minimum Gasteiger partial charge on any atom is -0.389 e. The minimum atomic E-state index is -0.450. The minimum absolute atomic E-state index is 0.371. The Bertz CT molecular complexity index is 601. The van der Waals surface area contributed by atoms with Crippen molar-refractivity contribution in [1.82, 2.24) is 0 Å². The normalized spacial score (nSPS) is 10.6. The summed E-state index contributed by atoms with van der Waals surface area (Å²) in [5, 5.41) is 0. The van der Waals surface area contributed by atoms with Crippen LogP contribution in [0.5, 0.6) is 0 Å². The highest BCUT2D eigenvalue weighted by atomic mass is 32.1. The lowest BCUT2D eigenvalue weighted by atomic mass is 10.1. The fourth-order valence-electron chi connectivity index (χ4n) is 1.59. The summed E-state index contributed by atoms with van der Waals surface area (Å²) in [7, 11) is 0. The van der Waals surface area contributed by atoms with E-state index in [0.717, 1.165) is 16.8 Å². The zero-order valence-electron chi connectivity index (χ0n) is 10.6. The molecule has 4 N–H and O–H groups in total. The maximum absolute atomic E-state index is 10.9. The van der Waals surface area contributed by atoms with Gasteiger partial charge in [-0.1, -0.05) is 36.5 Å². The Hall–Kier alpha value is -2.53. The van der Waals surface area contributed by atoms with Gasteiger partial charge in [-0.05, 0) is 29.8 Å². The smallest absolute Gasteiger partial charge is 0.248 e. The van der Waals surface area contributed by atoms with Crippen LogP contribution < -0.4 is 11.5 Å². The number of primary amides is 1. The third-order valence-electron chi connectivity index (χ3n) is 2.71. The van der Waals surface area contributed by atoms with E-state index in [4.69, 9.17) is 23.7 Å². The van der Waals surface area contributed by atoms with Crippen LogP contribution in [-0.4, -0.2) is 17.1 Å². The Kier molecular flexibility index (Phi) is 4.22. The van der Waals surface area contributed by atoms with Crippen molar-refractivity contribution >= 4 is 35.0 Å². The predicted octanol–water partition coefficient (Wildman–Crippen LogP) is 2.17. The molecule has 0 aliphatic carbocycles. The lowest BCUT2D eigenvalue weighted by molar-refractivity contribution is 0.100. The highest BCUT2D eigenvalue weighted by Gasteiger charge is 1.98. The van der Waals surface area contributed by atoms with Gasteiger partial charge >= 0.3 is 0 Å². The number of amides is 1. The van der Waals surface area contributed by atoms with Crippen LogP contribution in [0.3, 0.4) is 0 Å². The van der Waals surface area contributed by atoms with Gasteiger partial charge in [0.2, 0.25) is 5.91 Å². The Labute approximate surface area is 122 Å². The summed E-state index contributed by atoms with van der Waals surface area (Å²) < 4.78 is 0. The van der Waals surface area contributed by atoms with Gasteiger partial charge < -0.3 is 11.5 Å². The van der Waals surface area contributed by atoms with Gasteiger partial charge in [0.25, 0.3) is 0 Å². The van der Waals surface area contributed by atoms with E-state index in [0.29, 0.717) is 10.6 Å². The van der Waals surface area contributed by atoms with Crippen LogP contribution in [0.2, 0.25) is 0 Å². The fourth-order valence-corrected chi connectivity index (χ4v) is 1.73. The lowest BCUT2D eigenvalue weighted by Gasteiger charge is -1.99. The largest absolute Gasteiger partial charge is 0.389 e. The molecule has 4 nitrogen and oxygen atoms in total. The van der Waals surface area contributed by atoms with Gasteiger partial charge in [0.15, 0.2) is 0 Å². The summed E-state index contributed by atoms with van der Waals surface area (Å²) in [6, 6.07) is 14.2. The molecule has 2 rings (SSSR count). The molecule has 1 amide bonds. The molecule has 100 valence electrons. The van der Waals surface area contributed by atoms with Crippen LogP contribution in [0.1, 0.15) is 21.5 Å². The van der Waals surface area contributed by atoms with Crippen molar-refractivity contribution < 1.29 is 4.79 Å². The molecule has 0 atom stereocenters. The maximum Gasteiger partial charge on any atom is 0.248 e. The number of carbonyl (C=O) groups excluding carboxylic acids is 1. The summed E-state index contributed by atoms with van der Waals surface area (Å²) >= 11 is 4.89. The molecule has 2 aromatic carbocycles. The molecule has 0 unspecified atom stereocenters. The standard InChI is InChI=1S/C15H13N3OS/c16-14(19)11-5-7-13(8-6-11)18-9-10-1-3-12(4-2-10)15(17)20/h1-9H,(H2,16,19)(H2,17,20). The molecule has 0 aliphatic rings. The first kappa shape index (κ1) is 13.9. The van der Waals surface area contributed by atoms with Crippen LogP contribution >= 0.6 is 12.2 Å². The van der Waals surface area contributed by atoms with Crippen molar-refractivity contribution in [3.05, 3.63) is 65.2 Å². The van der Waals surface area contributed by atoms with E-state index < -0.39 is 5.91 Å². The number of thiocarbonyl (C=S) groups is 1.